The fourth-order valence-electron chi connectivity index (χ4n) is 3.36. The number of nitro groups is 1. The van der Waals surface area contributed by atoms with Crippen LogP contribution in [0, 0.1) is 10.1 Å². The summed E-state index contributed by atoms with van der Waals surface area (Å²) < 4.78 is 12.3. The first kappa shape index (κ1) is 20.2. The molecule has 0 aliphatic carbocycles. The van der Waals surface area contributed by atoms with Crippen molar-refractivity contribution in [1.29, 1.82) is 0 Å². The third-order valence-electron chi connectivity index (χ3n) is 5.06. The van der Waals surface area contributed by atoms with E-state index < -0.39 is 4.92 Å². The Bertz CT molecular complexity index is 1200. The van der Waals surface area contributed by atoms with Gasteiger partial charge in [0.25, 0.3) is 5.69 Å². The fraction of sp³-hybridized carbons (Fsp3) is 0.174. The van der Waals surface area contributed by atoms with Crippen molar-refractivity contribution < 1.29 is 14.4 Å². The summed E-state index contributed by atoms with van der Waals surface area (Å²) in [6, 6.07) is 20.3. The molecule has 0 aliphatic heterocycles. The molecule has 8 nitrogen and oxygen atoms in total. The molecule has 0 fully saturated rings. The molecule has 3 aromatic carbocycles. The third-order valence-corrected chi connectivity index (χ3v) is 5.06. The zero-order valence-electron chi connectivity index (χ0n) is 17.2. The number of nitro benzene ring substituents is 1. The maximum Gasteiger partial charge on any atom is 0.270 e. The lowest BCUT2D eigenvalue weighted by atomic mass is 10.2. The lowest BCUT2D eigenvalue weighted by Crippen LogP contribution is -2.04. The highest BCUT2D eigenvalue weighted by molar-refractivity contribution is 5.92. The highest BCUT2D eigenvalue weighted by Gasteiger charge is 2.15. The number of anilines is 1. The maximum absolute atomic E-state index is 11.3. The first-order valence-corrected chi connectivity index (χ1v) is 9.72. The molecule has 0 saturated heterocycles. The Hall–Kier alpha value is -4.07. The van der Waals surface area contributed by atoms with Gasteiger partial charge in [0.1, 0.15) is 11.5 Å². The Morgan fingerprint density at radius 2 is 1.55 bits per heavy atom. The molecule has 0 spiro atoms. The summed E-state index contributed by atoms with van der Waals surface area (Å²) in [5, 5.41) is 20.0. The molecule has 0 unspecified atom stereocenters. The molecule has 8 heteroatoms. The quantitative estimate of drug-likeness (QED) is 0.332. The van der Waals surface area contributed by atoms with Crippen LogP contribution in [0.25, 0.3) is 10.9 Å². The van der Waals surface area contributed by atoms with Crippen LogP contribution in [-0.2, 0) is 13.1 Å². The van der Waals surface area contributed by atoms with Crippen molar-refractivity contribution in [2.45, 2.75) is 13.1 Å². The minimum Gasteiger partial charge on any atom is -0.497 e. The Balaban J connectivity index is 1.65. The summed E-state index contributed by atoms with van der Waals surface area (Å²) in [7, 11) is 3.26. The number of ether oxygens (including phenoxy) is 2. The van der Waals surface area contributed by atoms with E-state index >= 15 is 0 Å². The van der Waals surface area contributed by atoms with Crippen molar-refractivity contribution >= 4 is 22.4 Å². The predicted octanol–water partition coefficient (Wildman–Crippen LogP) is 4.62. The van der Waals surface area contributed by atoms with Gasteiger partial charge >= 0.3 is 0 Å². The first-order chi connectivity index (χ1) is 15.1. The number of methoxy groups -OCH3 is 2. The molecule has 0 amide bonds. The minimum absolute atomic E-state index is 0.0315. The van der Waals surface area contributed by atoms with Crippen LogP contribution in [0.2, 0.25) is 0 Å². The van der Waals surface area contributed by atoms with E-state index in [1.54, 1.807) is 26.4 Å². The number of benzene rings is 3. The standard InChI is InChI=1S/C23H22N4O4/c1-30-19-8-3-16(4-9-19)14-24-23-21-13-18(27(28)29)7-12-22(21)26(25-23)15-17-5-10-20(31-2)11-6-17/h3-13H,14-15H2,1-2H3,(H,24,25). The van der Waals surface area contributed by atoms with E-state index in [-0.39, 0.29) is 5.69 Å². The molecule has 158 valence electrons. The third kappa shape index (κ3) is 4.42. The van der Waals surface area contributed by atoms with E-state index in [0.717, 1.165) is 28.1 Å². The second-order valence-corrected chi connectivity index (χ2v) is 7.01. The van der Waals surface area contributed by atoms with Crippen molar-refractivity contribution in [3.8, 4) is 11.5 Å². The van der Waals surface area contributed by atoms with Crippen LogP contribution < -0.4 is 14.8 Å². The Labute approximate surface area is 179 Å². The van der Waals surface area contributed by atoms with Crippen molar-refractivity contribution in [3.05, 3.63) is 88.0 Å². The number of aromatic nitrogens is 2. The second kappa shape index (κ2) is 8.74. The van der Waals surface area contributed by atoms with Gasteiger partial charge in [-0.25, -0.2) is 0 Å². The van der Waals surface area contributed by atoms with E-state index in [2.05, 4.69) is 5.32 Å². The SMILES string of the molecule is COc1ccc(CNc2nn(Cc3ccc(OC)cc3)c3ccc([N+](=O)[O-])cc23)cc1. The minimum atomic E-state index is -0.395. The zero-order valence-corrected chi connectivity index (χ0v) is 17.2. The van der Waals surface area contributed by atoms with Gasteiger partial charge in [0.2, 0.25) is 0 Å². The Kier molecular flexibility index (Phi) is 5.70. The van der Waals surface area contributed by atoms with Gasteiger partial charge in [-0.2, -0.15) is 5.10 Å². The zero-order chi connectivity index (χ0) is 21.8. The van der Waals surface area contributed by atoms with E-state index in [4.69, 9.17) is 14.6 Å². The average Bonchev–Trinajstić information content (AvgIpc) is 3.15. The van der Waals surface area contributed by atoms with Gasteiger partial charge in [0.15, 0.2) is 5.82 Å². The van der Waals surface area contributed by atoms with Crippen LogP contribution in [0.15, 0.2) is 66.7 Å². The molecule has 31 heavy (non-hydrogen) atoms. The molecule has 4 rings (SSSR count). The number of nitrogens with zero attached hydrogens (tertiary/aromatic N) is 3. The van der Waals surface area contributed by atoms with Gasteiger partial charge in [-0.1, -0.05) is 24.3 Å². The van der Waals surface area contributed by atoms with Crippen LogP contribution >= 0.6 is 0 Å². The van der Waals surface area contributed by atoms with Crippen molar-refractivity contribution in [2.24, 2.45) is 0 Å². The molecule has 0 saturated carbocycles. The van der Waals surface area contributed by atoms with E-state index in [0.29, 0.717) is 24.3 Å². The molecule has 0 atom stereocenters. The normalized spacial score (nSPS) is 10.8. The molecule has 4 aromatic rings. The molecule has 0 radical (unpaired) electrons. The summed E-state index contributed by atoms with van der Waals surface area (Å²) >= 11 is 0. The summed E-state index contributed by atoms with van der Waals surface area (Å²) in [5.41, 5.74) is 2.94. The molecular weight excluding hydrogens is 396 g/mol. The van der Waals surface area contributed by atoms with Crippen LogP contribution in [0.3, 0.4) is 0 Å². The van der Waals surface area contributed by atoms with Gasteiger partial charge in [0, 0.05) is 18.7 Å². The van der Waals surface area contributed by atoms with E-state index in [9.17, 15) is 10.1 Å². The number of rotatable bonds is 8. The largest absolute Gasteiger partial charge is 0.497 e. The number of fused-ring (bicyclic) bond motifs is 1. The molecule has 0 bridgehead atoms. The fourth-order valence-corrected chi connectivity index (χ4v) is 3.36. The Morgan fingerprint density at radius 3 is 2.13 bits per heavy atom. The number of hydrogen-bond acceptors (Lipinski definition) is 6. The van der Waals surface area contributed by atoms with Gasteiger partial charge in [-0.05, 0) is 41.5 Å². The smallest absolute Gasteiger partial charge is 0.270 e. The number of non-ortho nitro benzene ring substituents is 1. The van der Waals surface area contributed by atoms with Crippen LogP contribution in [0.5, 0.6) is 11.5 Å². The molecule has 1 N–H and O–H groups in total. The highest BCUT2D eigenvalue weighted by atomic mass is 16.6. The summed E-state index contributed by atoms with van der Waals surface area (Å²) in [4.78, 5) is 10.9. The van der Waals surface area contributed by atoms with Gasteiger partial charge in [0.05, 0.1) is 36.6 Å². The average molecular weight is 418 g/mol. The van der Waals surface area contributed by atoms with E-state index in [1.807, 2.05) is 53.2 Å². The number of hydrogen-bond donors (Lipinski definition) is 1. The molecule has 1 heterocycles. The predicted molar refractivity (Wildman–Crippen MR) is 119 cm³/mol. The van der Waals surface area contributed by atoms with Crippen LogP contribution in [0.1, 0.15) is 11.1 Å². The van der Waals surface area contributed by atoms with Gasteiger partial charge < -0.3 is 14.8 Å². The lowest BCUT2D eigenvalue weighted by Gasteiger charge is -2.06. The van der Waals surface area contributed by atoms with E-state index in [1.165, 1.54) is 6.07 Å². The summed E-state index contributed by atoms with van der Waals surface area (Å²) in [5.74, 6) is 2.17. The maximum atomic E-state index is 11.3. The molecule has 0 aliphatic rings. The highest BCUT2D eigenvalue weighted by Crippen LogP contribution is 2.28. The van der Waals surface area contributed by atoms with Crippen LogP contribution in [-0.4, -0.2) is 28.9 Å². The van der Waals surface area contributed by atoms with Crippen molar-refractivity contribution in [1.82, 2.24) is 9.78 Å². The number of nitrogens with one attached hydrogen (secondary N) is 1. The van der Waals surface area contributed by atoms with Crippen molar-refractivity contribution in [2.75, 3.05) is 19.5 Å². The van der Waals surface area contributed by atoms with Crippen LogP contribution in [0.4, 0.5) is 11.5 Å². The van der Waals surface area contributed by atoms with Crippen molar-refractivity contribution in [3.63, 3.8) is 0 Å². The Morgan fingerprint density at radius 1 is 0.935 bits per heavy atom. The summed E-state index contributed by atoms with van der Waals surface area (Å²) in [6.45, 7) is 1.06. The summed E-state index contributed by atoms with van der Waals surface area (Å²) in [6.07, 6.45) is 0. The topological polar surface area (TPSA) is 91.5 Å². The molecule has 1 aromatic heterocycles. The first-order valence-electron chi connectivity index (χ1n) is 9.72. The van der Waals surface area contributed by atoms with Gasteiger partial charge in [-0.3, -0.25) is 14.8 Å². The second-order valence-electron chi connectivity index (χ2n) is 7.01. The lowest BCUT2D eigenvalue weighted by molar-refractivity contribution is -0.384. The molecular formula is C23H22N4O4. The van der Waals surface area contributed by atoms with Gasteiger partial charge in [-0.15, -0.1) is 0 Å². The monoisotopic (exact) mass is 418 g/mol.